The van der Waals surface area contributed by atoms with E-state index in [9.17, 15) is 5.11 Å². The van der Waals surface area contributed by atoms with Gasteiger partial charge >= 0.3 is 0 Å². The van der Waals surface area contributed by atoms with Crippen molar-refractivity contribution in [3.05, 3.63) is 21.7 Å². The molecule has 1 aromatic rings. The second-order valence-corrected chi connectivity index (χ2v) is 5.02. The first-order valence-corrected chi connectivity index (χ1v) is 6.73. The number of fused-ring (bicyclic) bond motifs is 1. The van der Waals surface area contributed by atoms with Gasteiger partial charge in [0.2, 0.25) is 0 Å². The Labute approximate surface area is 110 Å². The molecule has 0 bridgehead atoms. The lowest BCUT2D eigenvalue weighted by Gasteiger charge is -2.18. The molecule has 4 heteroatoms. The lowest BCUT2D eigenvalue weighted by Crippen LogP contribution is -2.04. The average molecular weight is 301 g/mol. The molecule has 0 saturated heterocycles. The van der Waals surface area contributed by atoms with Gasteiger partial charge < -0.3 is 14.6 Å². The van der Waals surface area contributed by atoms with Crippen molar-refractivity contribution in [1.29, 1.82) is 0 Å². The number of hydrogen-bond donors (Lipinski definition) is 1. The number of rotatable bonds is 2. The summed E-state index contributed by atoms with van der Waals surface area (Å²) in [6.07, 6.45) is 1.20. The van der Waals surface area contributed by atoms with E-state index in [1.807, 2.05) is 6.07 Å². The lowest BCUT2D eigenvalue weighted by molar-refractivity contribution is 0.197. The van der Waals surface area contributed by atoms with Crippen LogP contribution in [-0.2, 0) is 6.42 Å². The third-order valence-corrected chi connectivity index (χ3v) is 3.50. The fourth-order valence-corrected chi connectivity index (χ4v) is 2.64. The minimum atomic E-state index is -0.501. The average Bonchev–Trinajstić information content (AvgIpc) is 2.54. The predicted octanol–water partition coefficient (Wildman–Crippen LogP) is 3.23. The summed E-state index contributed by atoms with van der Waals surface area (Å²) in [6.45, 7) is 5.16. The van der Waals surface area contributed by atoms with Gasteiger partial charge in [-0.05, 0) is 40.9 Å². The van der Waals surface area contributed by atoms with Gasteiger partial charge in [-0.2, -0.15) is 0 Å². The quantitative estimate of drug-likeness (QED) is 0.911. The SMILES string of the molecule is CCc1c(C(C)O)cc(Br)c2c1OCCCO2. The molecule has 1 aliphatic heterocycles. The first-order valence-electron chi connectivity index (χ1n) is 5.94. The van der Waals surface area contributed by atoms with Crippen LogP contribution in [0.3, 0.4) is 0 Å². The van der Waals surface area contributed by atoms with Gasteiger partial charge in [0.1, 0.15) is 0 Å². The Bertz CT molecular complexity index is 416. The summed E-state index contributed by atoms with van der Waals surface area (Å²) >= 11 is 3.48. The van der Waals surface area contributed by atoms with Crippen LogP contribution in [0.2, 0.25) is 0 Å². The number of hydrogen-bond acceptors (Lipinski definition) is 3. The molecule has 94 valence electrons. The Hall–Kier alpha value is -0.740. The van der Waals surface area contributed by atoms with Gasteiger partial charge in [-0.25, -0.2) is 0 Å². The van der Waals surface area contributed by atoms with Crippen LogP contribution in [0.25, 0.3) is 0 Å². The van der Waals surface area contributed by atoms with Crippen LogP contribution in [0.5, 0.6) is 11.5 Å². The van der Waals surface area contributed by atoms with Crippen molar-refractivity contribution in [2.45, 2.75) is 32.8 Å². The minimum Gasteiger partial charge on any atom is -0.489 e. The molecule has 0 aliphatic carbocycles. The normalized spacial score (nSPS) is 16.5. The van der Waals surface area contributed by atoms with Crippen molar-refractivity contribution < 1.29 is 14.6 Å². The van der Waals surface area contributed by atoms with E-state index in [4.69, 9.17) is 9.47 Å². The largest absolute Gasteiger partial charge is 0.489 e. The summed E-state index contributed by atoms with van der Waals surface area (Å²) in [4.78, 5) is 0. The zero-order valence-electron chi connectivity index (χ0n) is 10.1. The molecule has 1 aromatic carbocycles. The highest BCUT2D eigenvalue weighted by atomic mass is 79.9. The summed E-state index contributed by atoms with van der Waals surface area (Å²) in [5.74, 6) is 1.55. The highest BCUT2D eigenvalue weighted by molar-refractivity contribution is 9.10. The van der Waals surface area contributed by atoms with Gasteiger partial charge in [0.05, 0.1) is 23.8 Å². The monoisotopic (exact) mass is 300 g/mol. The van der Waals surface area contributed by atoms with Gasteiger partial charge in [0.15, 0.2) is 11.5 Å². The number of halogens is 1. The number of ether oxygens (including phenoxy) is 2. The van der Waals surface area contributed by atoms with E-state index in [-0.39, 0.29) is 0 Å². The van der Waals surface area contributed by atoms with Crippen LogP contribution in [-0.4, -0.2) is 18.3 Å². The standard InChI is InChI=1S/C13H17BrO3/c1-3-9-10(8(2)15)7-11(14)13-12(9)16-5-4-6-17-13/h7-8,15H,3-6H2,1-2H3. The van der Waals surface area contributed by atoms with E-state index in [2.05, 4.69) is 22.9 Å². The Balaban J connectivity index is 2.60. The van der Waals surface area contributed by atoms with Crippen LogP contribution < -0.4 is 9.47 Å². The number of benzene rings is 1. The molecule has 1 unspecified atom stereocenters. The first-order chi connectivity index (χ1) is 8.15. The summed E-state index contributed by atoms with van der Waals surface area (Å²) in [5.41, 5.74) is 1.95. The molecule has 0 saturated carbocycles. The summed E-state index contributed by atoms with van der Waals surface area (Å²) < 4.78 is 12.3. The van der Waals surface area contributed by atoms with Gasteiger partial charge in [-0.3, -0.25) is 0 Å². The van der Waals surface area contributed by atoms with E-state index in [0.29, 0.717) is 13.2 Å². The molecular formula is C13H17BrO3. The fraction of sp³-hybridized carbons (Fsp3) is 0.538. The zero-order valence-corrected chi connectivity index (χ0v) is 11.7. The third-order valence-electron chi connectivity index (χ3n) is 2.91. The highest BCUT2D eigenvalue weighted by Gasteiger charge is 2.22. The molecule has 0 aromatic heterocycles. The molecule has 0 radical (unpaired) electrons. The van der Waals surface area contributed by atoms with Crippen molar-refractivity contribution in [3.63, 3.8) is 0 Å². The molecule has 2 rings (SSSR count). The maximum atomic E-state index is 9.81. The molecule has 0 spiro atoms. The van der Waals surface area contributed by atoms with Crippen molar-refractivity contribution in [2.24, 2.45) is 0 Å². The second kappa shape index (κ2) is 5.27. The zero-order chi connectivity index (χ0) is 12.4. The maximum Gasteiger partial charge on any atom is 0.175 e. The van der Waals surface area contributed by atoms with E-state index >= 15 is 0 Å². The smallest absolute Gasteiger partial charge is 0.175 e. The van der Waals surface area contributed by atoms with Crippen molar-refractivity contribution >= 4 is 15.9 Å². The van der Waals surface area contributed by atoms with E-state index < -0.39 is 6.10 Å². The number of aliphatic hydroxyl groups excluding tert-OH is 1. The first kappa shape index (κ1) is 12.7. The highest BCUT2D eigenvalue weighted by Crippen LogP contribution is 2.43. The van der Waals surface area contributed by atoms with E-state index in [0.717, 1.165) is 39.9 Å². The molecule has 1 aliphatic rings. The molecule has 1 atom stereocenters. The topological polar surface area (TPSA) is 38.7 Å². The predicted molar refractivity (Wildman–Crippen MR) is 69.8 cm³/mol. The third kappa shape index (κ3) is 2.43. The Kier molecular flexibility index (Phi) is 3.94. The Morgan fingerprint density at radius 1 is 1.35 bits per heavy atom. The van der Waals surface area contributed by atoms with Crippen LogP contribution in [0.1, 0.15) is 37.5 Å². The number of aliphatic hydroxyl groups is 1. The van der Waals surface area contributed by atoms with Crippen molar-refractivity contribution in [1.82, 2.24) is 0 Å². The maximum absolute atomic E-state index is 9.81. The Morgan fingerprint density at radius 3 is 2.59 bits per heavy atom. The van der Waals surface area contributed by atoms with Crippen molar-refractivity contribution in [3.8, 4) is 11.5 Å². The van der Waals surface area contributed by atoms with Crippen molar-refractivity contribution in [2.75, 3.05) is 13.2 Å². The van der Waals surface area contributed by atoms with Gasteiger partial charge in [-0.15, -0.1) is 0 Å². The summed E-state index contributed by atoms with van der Waals surface area (Å²) in [6, 6.07) is 1.93. The molecular weight excluding hydrogens is 284 g/mol. The fourth-order valence-electron chi connectivity index (χ4n) is 2.10. The van der Waals surface area contributed by atoms with E-state index in [1.54, 1.807) is 6.92 Å². The molecule has 0 fully saturated rings. The van der Waals surface area contributed by atoms with E-state index in [1.165, 1.54) is 0 Å². The lowest BCUT2D eigenvalue weighted by atomic mass is 9.99. The summed E-state index contributed by atoms with van der Waals surface area (Å²) in [5, 5.41) is 9.81. The van der Waals surface area contributed by atoms with Gasteiger partial charge in [0, 0.05) is 12.0 Å². The van der Waals surface area contributed by atoms with Crippen LogP contribution in [0.15, 0.2) is 10.5 Å². The molecule has 0 amide bonds. The molecule has 1 heterocycles. The molecule has 3 nitrogen and oxygen atoms in total. The molecule has 1 N–H and O–H groups in total. The van der Waals surface area contributed by atoms with Crippen LogP contribution in [0.4, 0.5) is 0 Å². The Morgan fingerprint density at radius 2 is 2.00 bits per heavy atom. The summed E-state index contributed by atoms with van der Waals surface area (Å²) in [7, 11) is 0. The minimum absolute atomic E-state index is 0.501. The molecule has 17 heavy (non-hydrogen) atoms. The second-order valence-electron chi connectivity index (χ2n) is 4.16. The van der Waals surface area contributed by atoms with Crippen LogP contribution >= 0.6 is 15.9 Å². The van der Waals surface area contributed by atoms with Gasteiger partial charge in [0.25, 0.3) is 0 Å². The van der Waals surface area contributed by atoms with Crippen LogP contribution in [0, 0.1) is 0 Å². The van der Waals surface area contributed by atoms with Gasteiger partial charge in [-0.1, -0.05) is 6.92 Å².